The van der Waals surface area contributed by atoms with Crippen molar-refractivity contribution < 1.29 is 9.90 Å². The zero-order chi connectivity index (χ0) is 22.1. The minimum atomic E-state index is -0.179. The molecule has 7 nitrogen and oxygen atoms in total. The molecule has 0 aromatic heterocycles. The second-order valence-electron chi connectivity index (χ2n) is 7.47. The van der Waals surface area contributed by atoms with E-state index in [4.69, 9.17) is 6.57 Å². The van der Waals surface area contributed by atoms with Crippen molar-refractivity contribution in [2.75, 3.05) is 32.7 Å². The monoisotopic (exact) mass is 417 g/mol. The summed E-state index contributed by atoms with van der Waals surface area (Å²) in [6.45, 7) is 15.2. The number of benzene rings is 2. The number of hydrazone groups is 1. The number of allylic oxidation sites excluding steroid dienone is 1. The maximum Gasteiger partial charge on any atom is 0.254 e. The minimum absolute atomic E-state index is 0.153. The van der Waals surface area contributed by atoms with Crippen LogP contribution in [0.25, 0.3) is 4.85 Å². The van der Waals surface area contributed by atoms with E-state index in [-0.39, 0.29) is 18.2 Å². The van der Waals surface area contributed by atoms with Crippen molar-refractivity contribution in [3.8, 4) is 5.75 Å². The summed E-state index contributed by atoms with van der Waals surface area (Å²) < 4.78 is 0. The number of phenols is 1. The Labute approximate surface area is 183 Å². The Kier molecular flexibility index (Phi) is 7.93. The summed E-state index contributed by atoms with van der Waals surface area (Å²) in [5, 5.41) is 14.2. The first-order valence-corrected chi connectivity index (χ1v) is 10.2. The predicted molar refractivity (Wildman–Crippen MR) is 122 cm³/mol. The maximum absolute atomic E-state index is 12.2. The molecule has 7 heteroatoms. The van der Waals surface area contributed by atoms with Crippen LogP contribution in [0.4, 0.5) is 5.69 Å². The first-order valence-electron chi connectivity index (χ1n) is 10.2. The van der Waals surface area contributed by atoms with E-state index in [1.165, 1.54) is 11.8 Å². The molecule has 0 spiro atoms. The molecule has 0 bridgehead atoms. The van der Waals surface area contributed by atoms with Gasteiger partial charge in [0.25, 0.3) is 5.91 Å². The SMILES string of the molecule is [C-]#[N+]c1ccc(CN2CCN(CC(=O)N/N=C/c3cccc(CC=C)c3O)CC2)cc1. The fourth-order valence-electron chi connectivity index (χ4n) is 3.49. The Hall–Kier alpha value is -3.47. The first-order chi connectivity index (χ1) is 15.1. The van der Waals surface area contributed by atoms with Gasteiger partial charge in [-0.25, -0.2) is 10.3 Å². The largest absolute Gasteiger partial charge is 0.507 e. The number of nitrogens with zero attached hydrogens (tertiary/aromatic N) is 4. The molecular weight excluding hydrogens is 390 g/mol. The van der Waals surface area contributed by atoms with E-state index in [1.54, 1.807) is 12.1 Å². The normalized spacial score (nSPS) is 14.9. The van der Waals surface area contributed by atoms with Crippen LogP contribution in [0.1, 0.15) is 16.7 Å². The van der Waals surface area contributed by atoms with Gasteiger partial charge in [0, 0.05) is 38.3 Å². The lowest BCUT2D eigenvalue weighted by atomic mass is 10.1. The lowest BCUT2D eigenvalue weighted by Gasteiger charge is -2.34. The Balaban J connectivity index is 1.42. The molecular formula is C24H27N5O2. The highest BCUT2D eigenvalue weighted by Gasteiger charge is 2.19. The van der Waals surface area contributed by atoms with Crippen LogP contribution in [-0.2, 0) is 17.8 Å². The maximum atomic E-state index is 12.2. The summed E-state index contributed by atoms with van der Waals surface area (Å²) in [5.41, 5.74) is 5.70. The summed E-state index contributed by atoms with van der Waals surface area (Å²) in [6, 6.07) is 13.1. The summed E-state index contributed by atoms with van der Waals surface area (Å²) >= 11 is 0. The third kappa shape index (κ3) is 6.51. The van der Waals surface area contributed by atoms with E-state index < -0.39 is 0 Å². The number of para-hydroxylation sites is 1. The van der Waals surface area contributed by atoms with Crippen molar-refractivity contribution in [2.24, 2.45) is 5.10 Å². The van der Waals surface area contributed by atoms with Crippen LogP contribution in [0.3, 0.4) is 0 Å². The van der Waals surface area contributed by atoms with Crippen LogP contribution in [-0.4, -0.2) is 59.8 Å². The van der Waals surface area contributed by atoms with Crippen molar-refractivity contribution in [1.82, 2.24) is 15.2 Å². The lowest BCUT2D eigenvalue weighted by Crippen LogP contribution is -2.48. The van der Waals surface area contributed by atoms with Gasteiger partial charge in [0.2, 0.25) is 0 Å². The number of rotatable bonds is 8. The van der Waals surface area contributed by atoms with E-state index in [1.807, 2.05) is 36.4 Å². The highest BCUT2D eigenvalue weighted by atomic mass is 16.3. The molecule has 0 unspecified atom stereocenters. The van der Waals surface area contributed by atoms with Crippen molar-refractivity contribution in [1.29, 1.82) is 0 Å². The van der Waals surface area contributed by atoms with E-state index in [9.17, 15) is 9.90 Å². The summed E-state index contributed by atoms with van der Waals surface area (Å²) in [7, 11) is 0. The quantitative estimate of drug-likeness (QED) is 0.300. The van der Waals surface area contributed by atoms with Gasteiger partial charge < -0.3 is 5.11 Å². The smallest absolute Gasteiger partial charge is 0.254 e. The molecule has 1 saturated heterocycles. The molecule has 0 saturated carbocycles. The molecule has 1 aliphatic rings. The fourth-order valence-corrected chi connectivity index (χ4v) is 3.49. The number of aromatic hydroxyl groups is 1. The Morgan fingerprint density at radius 3 is 2.55 bits per heavy atom. The third-order valence-electron chi connectivity index (χ3n) is 5.21. The van der Waals surface area contributed by atoms with Gasteiger partial charge in [-0.1, -0.05) is 42.5 Å². The molecule has 0 atom stereocenters. The van der Waals surface area contributed by atoms with Gasteiger partial charge in [0.15, 0.2) is 5.69 Å². The Bertz CT molecular complexity index is 970. The average molecular weight is 418 g/mol. The number of hydrogen-bond donors (Lipinski definition) is 2. The van der Waals surface area contributed by atoms with E-state index >= 15 is 0 Å². The molecule has 0 radical (unpaired) electrons. The van der Waals surface area contributed by atoms with Crippen molar-refractivity contribution in [2.45, 2.75) is 13.0 Å². The van der Waals surface area contributed by atoms with Crippen LogP contribution >= 0.6 is 0 Å². The van der Waals surface area contributed by atoms with Gasteiger partial charge in [0.05, 0.1) is 19.3 Å². The molecule has 31 heavy (non-hydrogen) atoms. The predicted octanol–water partition coefficient (Wildman–Crippen LogP) is 2.94. The van der Waals surface area contributed by atoms with Gasteiger partial charge in [-0.3, -0.25) is 14.6 Å². The van der Waals surface area contributed by atoms with Gasteiger partial charge >= 0.3 is 0 Å². The minimum Gasteiger partial charge on any atom is -0.507 e. The van der Waals surface area contributed by atoms with Gasteiger partial charge in [-0.2, -0.15) is 5.10 Å². The molecule has 1 fully saturated rings. The van der Waals surface area contributed by atoms with Crippen molar-refractivity contribution >= 4 is 17.8 Å². The molecule has 0 aliphatic carbocycles. The molecule has 160 valence electrons. The Morgan fingerprint density at radius 2 is 1.87 bits per heavy atom. The van der Waals surface area contributed by atoms with E-state index in [2.05, 4.69) is 31.8 Å². The fraction of sp³-hybridized carbons (Fsp3) is 0.292. The molecule has 1 aliphatic heterocycles. The molecule has 1 heterocycles. The number of amides is 1. The number of hydrogen-bond acceptors (Lipinski definition) is 5. The number of carbonyl (C=O) groups excluding carboxylic acids is 1. The van der Waals surface area contributed by atoms with E-state index in [0.717, 1.165) is 38.3 Å². The highest BCUT2D eigenvalue weighted by molar-refractivity contribution is 5.86. The molecule has 3 rings (SSSR count). The van der Waals surface area contributed by atoms with Gasteiger partial charge in [-0.05, 0) is 23.6 Å². The zero-order valence-corrected chi connectivity index (χ0v) is 17.5. The average Bonchev–Trinajstić information content (AvgIpc) is 2.78. The van der Waals surface area contributed by atoms with Crippen molar-refractivity contribution in [3.05, 3.63) is 83.2 Å². The molecule has 2 aromatic rings. The Morgan fingerprint density at radius 1 is 1.16 bits per heavy atom. The summed E-state index contributed by atoms with van der Waals surface area (Å²) in [6.07, 6.45) is 3.75. The van der Waals surface area contributed by atoms with Gasteiger partial charge in [-0.15, -0.1) is 6.58 Å². The number of piperazine rings is 1. The highest BCUT2D eigenvalue weighted by Crippen LogP contribution is 2.21. The number of phenolic OH excluding ortho intramolecular Hbond substituents is 1. The zero-order valence-electron chi connectivity index (χ0n) is 17.5. The van der Waals surface area contributed by atoms with Crippen LogP contribution in [0.15, 0.2) is 60.2 Å². The molecule has 2 aromatic carbocycles. The standard InChI is InChI=1S/C24H27N5O2/c1-3-5-20-6-4-7-21(24(20)31)16-26-27-23(30)18-29-14-12-28(13-15-29)17-19-8-10-22(25-2)11-9-19/h3-4,6-11,16,31H,1,5,12-15,17-18H2,(H,27,30)/b26-16+. The van der Waals surface area contributed by atoms with Crippen molar-refractivity contribution in [3.63, 3.8) is 0 Å². The molecule has 2 N–H and O–H groups in total. The van der Waals surface area contributed by atoms with Gasteiger partial charge in [0.1, 0.15) is 5.75 Å². The molecule has 1 amide bonds. The van der Waals surface area contributed by atoms with Crippen LogP contribution in [0.5, 0.6) is 5.75 Å². The third-order valence-corrected chi connectivity index (χ3v) is 5.21. The first kappa shape index (κ1) is 22.2. The summed E-state index contributed by atoms with van der Waals surface area (Å²) in [5.74, 6) is -0.0265. The number of carbonyl (C=O) groups is 1. The topological polar surface area (TPSA) is 72.5 Å². The summed E-state index contributed by atoms with van der Waals surface area (Å²) in [4.78, 5) is 20.1. The van der Waals surface area contributed by atoms with Crippen LogP contribution < -0.4 is 5.43 Å². The van der Waals surface area contributed by atoms with E-state index in [0.29, 0.717) is 17.7 Å². The number of nitrogens with one attached hydrogen (secondary N) is 1. The van der Waals surface area contributed by atoms with Crippen LogP contribution in [0, 0.1) is 6.57 Å². The second kappa shape index (κ2) is 11.1. The van der Waals surface area contributed by atoms with Crippen LogP contribution in [0.2, 0.25) is 0 Å². The lowest BCUT2D eigenvalue weighted by molar-refractivity contribution is -0.122. The second-order valence-corrected chi connectivity index (χ2v) is 7.47.